The fourth-order valence-corrected chi connectivity index (χ4v) is 1.62. The van der Waals surface area contributed by atoms with E-state index in [1.807, 2.05) is 6.92 Å². The number of hydrogen-bond acceptors (Lipinski definition) is 5. The molecule has 1 atom stereocenters. The van der Waals surface area contributed by atoms with Gasteiger partial charge in [0.05, 0.1) is 17.5 Å². The maximum atomic E-state index is 12.2. The van der Waals surface area contributed by atoms with Crippen LogP contribution in [-0.4, -0.2) is 28.0 Å². The normalized spacial score (nSPS) is 13.5. The molecule has 1 heterocycles. The van der Waals surface area contributed by atoms with Gasteiger partial charge in [-0.2, -0.15) is 4.98 Å². The molecular weight excluding hydrogens is 264 g/mol. The lowest BCUT2D eigenvalue weighted by atomic mass is 9.86. The van der Waals surface area contributed by atoms with Gasteiger partial charge < -0.3 is 10.5 Å². The summed E-state index contributed by atoms with van der Waals surface area (Å²) in [6.45, 7) is 5.32. The van der Waals surface area contributed by atoms with Crippen LogP contribution in [0.25, 0.3) is 0 Å². The maximum Gasteiger partial charge on any atom is 0.239 e. The smallest absolute Gasteiger partial charge is 0.239 e. The molecule has 1 aromatic heterocycles. The van der Waals surface area contributed by atoms with Gasteiger partial charge in [0.2, 0.25) is 17.7 Å². The molecule has 0 fully saturated rings. The van der Waals surface area contributed by atoms with Crippen molar-refractivity contribution in [3.63, 3.8) is 0 Å². The van der Waals surface area contributed by atoms with Crippen LogP contribution >= 0.6 is 12.2 Å². The summed E-state index contributed by atoms with van der Waals surface area (Å²) in [6.07, 6.45) is 0.497. The lowest BCUT2D eigenvalue weighted by Gasteiger charge is -2.24. The molecule has 1 rings (SSSR count). The van der Waals surface area contributed by atoms with Crippen molar-refractivity contribution in [2.75, 3.05) is 12.4 Å². The number of ether oxygens (including phenoxy) is 1. The molecule has 1 unspecified atom stereocenters. The number of amides is 1. The van der Waals surface area contributed by atoms with Crippen LogP contribution in [0.5, 0.6) is 5.88 Å². The minimum atomic E-state index is -0.921. The van der Waals surface area contributed by atoms with E-state index in [-0.39, 0.29) is 16.8 Å². The maximum absolute atomic E-state index is 12.2. The summed E-state index contributed by atoms with van der Waals surface area (Å²) in [5, 5.41) is 2.62. The largest absolute Gasteiger partial charge is 0.481 e. The van der Waals surface area contributed by atoms with Crippen LogP contribution < -0.4 is 15.8 Å². The molecule has 1 aromatic rings. The van der Waals surface area contributed by atoms with Crippen molar-refractivity contribution >= 4 is 29.1 Å². The third-order valence-electron chi connectivity index (χ3n) is 3.02. The van der Waals surface area contributed by atoms with E-state index in [1.54, 1.807) is 19.9 Å². The molecule has 0 bridgehead atoms. The Morgan fingerprint density at radius 2 is 2.21 bits per heavy atom. The lowest BCUT2D eigenvalue weighted by molar-refractivity contribution is -0.121. The van der Waals surface area contributed by atoms with Crippen LogP contribution in [0.2, 0.25) is 0 Å². The Morgan fingerprint density at radius 3 is 2.68 bits per heavy atom. The SMILES string of the molecule is CCC(C)(C(=O)Nc1nc(C)cc(OC)n1)C(N)=S. The highest BCUT2D eigenvalue weighted by atomic mass is 32.1. The van der Waals surface area contributed by atoms with Crippen LogP contribution in [0.1, 0.15) is 26.0 Å². The van der Waals surface area contributed by atoms with Crippen molar-refractivity contribution in [2.24, 2.45) is 11.1 Å². The first kappa shape index (κ1) is 15.3. The van der Waals surface area contributed by atoms with Crippen LogP contribution in [0.15, 0.2) is 6.07 Å². The molecule has 0 spiro atoms. The Morgan fingerprint density at radius 1 is 1.58 bits per heavy atom. The molecule has 104 valence electrons. The Labute approximate surface area is 117 Å². The molecule has 0 saturated carbocycles. The second kappa shape index (κ2) is 5.92. The van der Waals surface area contributed by atoms with Crippen molar-refractivity contribution in [1.82, 2.24) is 9.97 Å². The first-order chi connectivity index (χ1) is 8.83. The fourth-order valence-electron chi connectivity index (χ4n) is 1.39. The average Bonchev–Trinajstić information content (AvgIpc) is 2.36. The topological polar surface area (TPSA) is 90.1 Å². The summed E-state index contributed by atoms with van der Waals surface area (Å²) in [6, 6.07) is 1.67. The van der Waals surface area contributed by atoms with Gasteiger partial charge in [-0.3, -0.25) is 10.1 Å². The predicted molar refractivity (Wildman–Crippen MR) is 77.1 cm³/mol. The van der Waals surface area contributed by atoms with E-state index in [1.165, 1.54) is 7.11 Å². The molecule has 0 aromatic carbocycles. The number of aromatic nitrogens is 2. The van der Waals surface area contributed by atoms with Crippen LogP contribution in [0.4, 0.5) is 5.95 Å². The third kappa shape index (κ3) is 3.37. The molecule has 0 aliphatic carbocycles. The highest BCUT2D eigenvalue weighted by molar-refractivity contribution is 7.80. The quantitative estimate of drug-likeness (QED) is 0.794. The zero-order chi connectivity index (χ0) is 14.6. The molecule has 19 heavy (non-hydrogen) atoms. The van der Waals surface area contributed by atoms with Gasteiger partial charge in [-0.25, -0.2) is 4.98 Å². The van der Waals surface area contributed by atoms with Crippen molar-refractivity contribution in [3.8, 4) is 5.88 Å². The fraction of sp³-hybridized carbons (Fsp3) is 0.500. The number of thiocarbonyl (C=S) groups is 1. The monoisotopic (exact) mass is 282 g/mol. The zero-order valence-corrected chi connectivity index (χ0v) is 12.3. The number of nitrogens with zero attached hydrogens (tertiary/aromatic N) is 2. The van der Waals surface area contributed by atoms with Crippen LogP contribution in [0.3, 0.4) is 0 Å². The van der Waals surface area contributed by atoms with E-state index >= 15 is 0 Å². The number of carbonyl (C=O) groups excluding carboxylic acids is 1. The minimum absolute atomic E-state index is 0.145. The van der Waals surface area contributed by atoms with Crippen molar-refractivity contribution in [2.45, 2.75) is 27.2 Å². The molecule has 0 aliphatic heterocycles. The van der Waals surface area contributed by atoms with Gasteiger partial charge in [0, 0.05) is 11.8 Å². The molecular formula is C12H18N4O2S. The summed E-state index contributed by atoms with van der Waals surface area (Å²) in [4.78, 5) is 20.5. The van der Waals surface area contributed by atoms with Gasteiger partial charge in [0.25, 0.3) is 0 Å². The highest BCUT2D eigenvalue weighted by Gasteiger charge is 2.35. The van der Waals surface area contributed by atoms with Crippen molar-refractivity contribution in [1.29, 1.82) is 0 Å². The average molecular weight is 282 g/mol. The van der Waals surface area contributed by atoms with Crippen molar-refractivity contribution < 1.29 is 9.53 Å². The van der Waals surface area contributed by atoms with E-state index in [2.05, 4.69) is 15.3 Å². The molecule has 0 aliphatic rings. The number of anilines is 1. The van der Waals surface area contributed by atoms with Gasteiger partial charge in [0.1, 0.15) is 0 Å². The van der Waals surface area contributed by atoms with E-state index in [0.29, 0.717) is 18.0 Å². The summed E-state index contributed by atoms with van der Waals surface area (Å²) in [5.41, 5.74) is 5.40. The minimum Gasteiger partial charge on any atom is -0.481 e. The van der Waals surface area contributed by atoms with E-state index in [4.69, 9.17) is 22.7 Å². The number of nitrogens with two attached hydrogens (primary N) is 1. The first-order valence-corrected chi connectivity index (χ1v) is 6.25. The van der Waals surface area contributed by atoms with E-state index < -0.39 is 5.41 Å². The molecule has 6 nitrogen and oxygen atoms in total. The zero-order valence-electron chi connectivity index (χ0n) is 11.5. The summed E-state index contributed by atoms with van der Waals surface area (Å²) < 4.78 is 5.02. The molecule has 0 radical (unpaired) electrons. The third-order valence-corrected chi connectivity index (χ3v) is 3.47. The molecule has 3 N–H and O–H groups in total. The lowest BCUT2D eigenvalue weighted by Crippen LogP contribution is -2.43. The Kier molecular flexibility index (Phi) is 4.77. The number of nitrogens with one attached hydrogen (secondary N) is 1. The second-order valence-electron chi connectivity index (χ2n) is 4.38. The summed E-state index contributed by atoms with van der Waals surface area (Å²) in [5.74, 6) is 0.240. The highest BCUT2D eigenvalue weighted by Crippen LogP contribution is 2.23. The number of carbonyl (C=O) groups is 1. The van der Waals surface area contributed by atoms with Gasteiger partial charge in [0.15, 0.2) is 0 Å². The van der Waals surface area contributed by atoms with Crippen molar-refractivity contribution in [3.05, 3.63) is 11.8 Å². The predicted octanol–water partition coefficient (Wildman–Crippen LogP) is 1.43. The van der Waals surface area contributed by atoms with Crippen LogP contribution in [0, 0.1) is 12.3 Å². The number of rotatable bonds is 5. The second-order valence-corrected chi connectivity index (χ2v) is 4.82. The Hall–Kier alpha value is -1.76. The van der Waals surface area contributed by atoms with Gasteiger partial charge in [-0.05, 0) is 20.3 Å². The van der Waals surface area contributed by atoms with E-state index in [9.17, 15) is 4.79 Å². The standard InChI is InChI=1S/C12H18N4O2S/c1-5-12(3,9(13)19)10(17)16-11-14-7(2)6-8(15-11)18-4/h6H,5H2,1-4H3,(H2,13,19)(H,14,15,16,17). The first-order valence-electron chi connectivity index (χ1n) is 5.84. The number of aryl methyl sites for hydroxylation is 1. The van der Waals surface area contributed by atoms with Gasteiger partial charge >= 0.3 is 0 Å². The molecule has 0 saturated heterocycles. The molecule has 1 amide bonds. The number of hydrogen-bond donors (Lipinski definition) is 2. The summed E-state index contributed by atoms with van der Waals surface area (Å²) >= 11 is 4.95. The van der Waals surface area contributed by atoms with Gasteiger partial charge in [-0.1, -0.05) is 19.1 Å². The van der Waals surface area contributed by atoms with E-state index in [0.717, 1.165) is 0 Å². The number of methoxy groups -OCH3 is 1. The van der Waals surface area contributed by atoms with Gasteiger partial charge in [-0.15, -0.1) is 0 Å². The van der Waals surface area contributed by atoms with Crippen LogP contribution in [-0.2, 0) is 4.79 Å². The Bertz CT molecular complexity index is 507. The Balaban J connectivity index is 2.99. The molecule has 7 heteroatoms. The summed E-state index contributed by atoms with van der Waals surface area (Å²) in [7, 11) is 1.50.